The summed E-state index contributed by atoms with van der Waals surface area (Å²) in [5.41, 5.74) is 1.49. The van der Waals surface area contributed by atoms with E-state index in [-0.39, 0.29) is 11.3 Å². The zero-order valence-electron chi connectivity index (χ0n) is 10.6. The summed E-state index contributed by atoms with van der Waals surface area (Å²) in [5.74, 6) is -0.525. The Balaban J connectivity index is 2.21. The number of hydrogen-bond donors (Lipinski definition) is 2. The molecule has 0 amide bonds. The molecule has 1 aromatic heterocycles. The molecule has 0 fully saturated rings. The van der Waals surface area contributed by atoms with Gasteiger partial charge in [0.05, 0.1) is 10.0 Å². The fraction of sp³-hybridized carbons (Fsp3) is 0.0714. The summed E-state index contributed by atoms with van der Waals surface area (Å²) in [5, 5.41) is 11.9. The number of benzene rings is 1. The van der Waals surface area contributed by atoms with Gasteiger partial charge in [0.15, 0.2) is 5.78 Å². The average Bonchev–Trinajstić information content (AvgIpc) is 2.41. The maximum atomic E-state index is 11.2. The molecule has 0 aliphatic rings. The van der Waals surface area contributed by atoms with Crippen LogP contribution < -0.4 is 5.32 Å². The summed E-state index contributed by atoms with van der Waals surface area (Å²) in [6.45, 7) is 1.51. The summed E-state index contributed by atoms with van der Waals surface area (Å²) in [6.07, 6.45) is 1.28. The molecule has 0 bridgehead atoms. The molecule has 0 aliphatic carbocycles. The van der Waals surface area contributed by atoms with Crippen LogP contribution in [0.25, 0.3) is 0 Å². The van der Waals surface area contributed by atoms with Crippen molar-refractivity contribution in [3.63, 3.8) is 0 Å². The Morgan fingerprint density at radius 1 is 1.20 bits per heavy atom. The van der Waals surface area contributed by atoms with E-state index < -0.39 is 5.97 Å². The Bertz CT molecular complexity index is 669. The van der Waals surface area contributed by atoms with E-state index in [9.17, 15) is 9.59 Å². The lowest BCUT2D eigenvalue weighted by Crippen LogP contribution is -2.01. The summed E-state index contributed by atoms with van der Waals surface area (Å²) in [4.78, 5) is 26.0. The molecule has 102 valence electrons. The molecule has 0 unspecified atom stereocenters. The molecule has 0 spiro atoms. The molecule has 2 N–H and O–H groups in total. The van der Waals surface area contributed by atoms with Crippen molar-refractivity contribution >= 4 is 39.2 Å². The van der Waals surface area contributed by atoms with Gasteiger partial charge in [-0.3, -0.25) is 4.79 Å². The van der Waals surface area contributed by atoms with Crippen molar-refractivity contribution in [2.75, 3.05) is 5.32 Å². The van der Waals surface area contributed by atoms with Gasteiger partial charge in [0.1, 0.15) is 5.82 Å². The van der Waals surface area contributed by atoms with Gasteiger partial charge in [0.2, 0.25) is 0 Å². The molecule has 1 aromatic carbocycles. The van der Waals surface area contributed by atoms with Crippen LogP contribution in [0.4, 0.5) is 11.5 Å². The highest BCUT2D eigenvalue weighted by molar-refractivity contribution is 9.10. The Kier molecular flexibility index (Phi) is 4.14. The third-order valence-corrected chi connectivity index (χ3v) is 3.25. The van der Waals surface area contributed by atoms with Gasteiger partial charge >= 0.3 is 5.97 Å². The number of hydrogen-bond acceptors (Lipinski definition) is 4. The monoisotopic (exact) mass is 334 g/mol. The molecule has 6 heteroatoms. The maximum absolute atomic E-state index is 11.2. The largest absolute Gasteiger partial charge is 0.478 e. The second kappa shape index (κ2) is 5.83. The first-order chi connectivity index (χ1) is 9.47. The van der Waals surface area contributed by atoms with E-state index in [2.05, 4.69) is 26.2 Å². The number of carbonyl (C=O) groups is 2. The Morgan fingerprint density at radius 2 is 1.85 bits per heavy atom. The van der Waals surface area contributed by atoms with Crippen LogP contribution in [0, 0.1) is 0 Å². The van der Waals surface area contributed by atoms with Crippen molar-refractivity contribution in [1.29, 1.82) is 0 Å². The van der Waals surface area contributed by atoms with Gasteiger partial charge in [0, 0.05) is 17.4 Å². The van der Waals surface area contributed by atoms with E-state index in [1.54, 1.807) is 24.3 Å². The minimum absolute atomic E-state index is 0.00154. The number of carbonyl (C=O) groups excluding carboxylic acids is 1. The summed E-state index contributed by atoms with van der Waals surface area (Å²) in [6, 6.07) is 8.42. The molecule has 2 aromatic rings. The first-order valence-corrected chi connectivity index (χ1v) is 6.53. The molecule has 0 atom stereocenters. The van der Waals surface area contributed by atoms with E-state index in [1.807, 2.05) is 0 Å². The minimum Gasteiger partial charge on any atom is -0.478 e. The quantitative estimate of drug-likeness (QED) is 0.836. The topological polar surface area (TPSA) is 79.3 Å². The normalized spacial score (nSPS) is 10.1. The van der Waals surface area contributed by atoms with E-state index in [4.69, 9.17) is 5.11 Å². The number of Topliss-reactive ketones (excluding diaryl/α,β-unsaturated/α-hetero) is 1. The van der Waals surface area contributed by atoms with Crippen LogP contribution in [0.3, 0.4) is 0 Å². The molecular weight excluding hydrogens is 324 g/mol. The molecule has 1 heterocycles. The zero-order valence-corrected chi connectivity index (χ0v) is 12.1. The number of anilines is 2. The molecule has 0 saturated heterocycles. The highest BCUT2D eigenvalue weighted by Gasteiger charge is 2.08. The minimum atomic E-state index is -1.03. The van der Waals surface area contributed by atoms with Gasteiger partial charge in [-0.1, -0.05) is 0 Å². The van der Waals surface area contributed by atoms with Crippen LogP contribution in [0.1, 0.15) is 27.6 Å². The van der Waals surface area contributed by atoms with Crippen molar-refractivity contribution in [1.82, 2.24) is 4.98 Å². The molecule has 2 rings (SSSR count). The number of carboxylic acid groups (broad SMARTS) is 1. The average molecular weight is 335 g/mol. The van der Waals surface area contributed by atoms with Crippen LogP contribution in [-0.2, 0) is 0 Å². The van der Waals surface area contributed by atoms with E-state index >= 15 is 0 Å². The van der Waals surface area contributed by atoms with Gasteiger partial charge in [-0.25, -0.2) is 9.78 Å². The van der Waals surface area contributed by atoms with Crippen molar-refractivity contribution in [2.24, 2.45) is 0 Å². The predicted molar refractivity (Wildman–Crippen MR) is 78.6 cm³/mol. The van der Waals surface area contributed by atoms with Crippen LogP contribution in [0.15, 0.2) is 41.0 Å². The molecule has 5 nitrogen and oxygen atoms in total. The highest BCUT2D eigenvalue weighted by Crippen LogP contribution is 2.24. The van der Waals surface area contributed by atoms with Crippen LogP contribution >= 0.6 is 15.9 Å². The number of ketones is 1. The lowest BCUT2D eigenvalue weighted by Gasteiger charge is -2.08. The first-order valence-electron chi connectivity index (χ1n) is 5.74. The number of aromatic nitrogens is 1. The molecule has 0 saturated carbocycles. The van der Waals surface area contributed by atoms with Crippen LogP contribution in [-0.4, -0.2) is 21.8 Å². The van der Waals surface area contributed by atoms with E-state index in [1.165, 1.54) is 19.2 Å². The van der Waals surface area contributed by atoms with Crippen molar-refractivity contribution in [3.05, 3.63) is 52.1 Å². The number of nitrogens with zero attached hydrogens (tertiary/aromatic N) is 1. The van der Waals surface area contributed by atoms with Crippen LogP contribution in [0.2, 0.25) is 0 Å². The number of pyridine rings is 1. The number of nitrogens with one attached hydrogen (secondary N) is 1. The lowest BCUT2D eigenvalue weighted by atomic mass is 10.1. The van der Waals surface area contributed by atoms with Gasteiger partial charge in [-0.15, -0.1) is 0 Å². The number of aromatic carboxylic acids is 1. The number of halogens is 1. The van der Waals surface area contributed by atoms with Gasteiger partial charge in [0.25, 0.3) is 0 Å². The van der Waals surface area contributed by atoms with Gasteiger partial charge in [-0.05, 0) is 53.2 Å². The van der Waals surface area contributed by atoms with Gasteiger partial charge < -0.3 is 10.4 Å². The molecule has 0 radical (unpaired) electrons. The van der Waals surface area contributed by atoms with E-state index in [0.717, 1.165) is 5.69 Å². The predicted octanol–water partition coefficient (Wildman–Crippen LogP) is 3.49. The third-order valence-electron chi connectivity index (χ3n) is 2.64. The Labute approximate surface area is 123 Å². The summed E-state index contributed by atoms with van der Waals surface area (Å²) in [7, 11) is 0. The third kappa shape index (κ3) is 3.21. The smallest absolute Gasteiger partial charge is 0.337 e. The highest BCUT2D eigenvalue weighted by atomic mass is 79.9. The summed E-state index contributed by atoms with van der Waals surface area (Å²) >= 11 is 3.27. The molecular formula is C14H11BrN2O3. The SMILES string of the molecule is CC(=O)c1ccc(Nc2ncc(C(=O)O)cc2Br)cc1. The van der Waals surface area contributed by atoms with Crippen molar-refractivity contribution in [3.8, 4) is 0 Å². The van der Waals surface area contributed by atoms with Crippen LogP contribution in [0.5, 0.6) is 0 Å². The number of carboxylic acids is 1. The second-order valence-electron chi connectivity index (χ2n) is 4.12. The maximum Gasteiger partial charge on any atom is 0.337 e. The standard InChI is InChI=1S/C14H11BrN2O3/c1-8(18)9-2-4-11(5-3-9)17-13-12(15)6-10(7-16-13)14(19)20/h2-7H,1H3,(H,16,17)(H,19,20). The van der Waals surface area contributed by atoms with Crippen molar-refractivity contribution in [2.45, 2.75) is 6.92 Å². The fourth-order valence-electron chi connectivity index (χ4n) is 1.57. The number of rotatable bonds is 4. The van der Waals surface area contributed by atoms with E-state index in [0.29, 0.717) is 15.9 Å². The van der Waals surface area contributed by atoms with Gasteiger partial charge in [-0.2, -0.15) is 0 Å². The second-order valence-corrected chi connectivity index (χ2v) is 4.97. The first kappa shape index (κ1) is 14.2. The fourth-order valence-corrected chi connectivity index (χ4v) is 2.02. The molecule has 0 aliphatic heterocycles. The van der Waals surface area contributed by atoms with Crippen molar-refractivity contribution < 1.29 is 14.7 Å². The Morgan fingerprint density at radius 3 is 2.35 bits per heavy atom. The molecule has 20 heavy (non-hydrogen) atoms. The lowest BCUT2D eigenvalue weighted by molar-refractivity contribution is 0.0696. The summed E-state index contributed by atoms with van der Waals surface area (Å²) < 4.78 is 0.549. The Hall–Kier alpha value is -2.21. The zero-order chi connectivity index (χ0) is 14.7.